The van der Waals surface area contributed by atoms with Crippen molar-refractivity contribution >= 4 is 5.57 Å². The Morgan fingerprint density at radius 1 is 1.29 bits per heavy atom. The Balaban J connectivity index is 2.56. The molecular formula is C20H29N. The third-order valence-corrected chi connectivity index (χ3v) is 4.95. The van der Waals surface area contributed by atoms with Crippen LogP contribution in [-0.4, -0.2) is 0 Å². The van der Waals surface area contributed by atoms with Crippen LogP contribution in [0.25, 0.3) is 5.57 Å². The zero-order valence-corrected chi connectivity index (χ0v) is 14.0. The molecule has 0 amide bonds. The predicted octanol–water partition coefficient (Wildman–Crippen LogP) is 5.34. The van der Waals surface area contributed by atoms with E-state index in [2.05, 4.69) is 46.4 Å². The monoisotopic (exact) mass is 283 g/mol. The number of hydrogen-bond acceptors (Lipinski definition) is 1. The van der Waals surface area contributed by atoms with Crippen LogP contribution in [0.3, 0.4) is 0 Å². The van der Waals surface area contributed by atoms with Crippen molar-refractivity contribution in [2.75, 3.05) is 0 Å². The van der Waals surface area contributed by atoms with Gasteiger partial charge in [0.05, 0.1) is 0 Å². The van der Waals surface area contributed by atoms with Gasteiger partial charge in [-0.15, -0.1) is 0 Å². The molecule has 1 nitrogen and oxygen atoms in total. The summed E-state index contributed by atoms with van der Waals surface area (Å²) in [6, 6.07) is 4.60. The van der Waals surface area contributed by atoms with Crippen LogP contribution >= 0.6 is 0 Å². The molecule has 21 heavy (non-hydrogen) atoms. The van der Waals surface area contributed by atoms with E-state index in [-0.39, 0.29) is 0 Å². The summed E-state index contributed by atoms with van der Waals surface area (Å²) >= 11 is 0. The first-order valence-electron chi connectivity index (χ1n) is 8.27. The van der Waals surface area contributed by atoms with E-state index in [1.54, 1.807) is 0 Å². The van der Waals surface area contributed by atoms with Crippen LogP contribution in [-0.2, 0) is 6.42 Å². The highest BCUT2D eigenvalue weighted by molar-refractivity contribution is 5.80. The van der Waals surface area contributed by atoms with Crippen LogP contribution in [0.1, 0.15) is 68.2 Å². The molecular weight excluding hydrogens is 254 g/mol. The number of nitrogens with two attached hydrogens (primary N) is 1. The highest BCUT2D eigenvalue weighted by Gasteiger charge is 2.25. The summed E-state index contributed by atoms with van der Waals surface area (Å²) < 4.78 is 0. The SMILES string of the molecule is C=C1C=C(N)Cc2c(C(CCC)C(C)CC)ccc(C)c21. The summed E-state index contributed by atoms with van der Waals surface area (Å²) in [5, 5.41) is 0. The van der Waals surface area contributed by atoms with Gasteiger partial charge >= 0.3 is 0 Å². The van der Waals surface area contributed by atoms with Crippen LogP contribution in [0.15, 0.2) is 30.5 Å². The van der Waals surface area contributed by atoms with E-state index < -0.39 is 0 Å². The molecule has 0 saturated carbocycles. The normalized spacial score (nSPS) is 17.1. The first kappa shape index (κ1) is 15.9. The van der Waals surface area contributed by atoms with E-state index in [1.807, 2.05) is 6.08 Å². The van der Waals surface area contributed by atoms with E-state index in [4.69, 9.17) is 5.73 Å². The molecule has 2 rings (SSSR count). The number of aryl methyl sites for hydroxylation is 1. The summed E-state index contributed by atoms with van der Waals surface area (Å²) in [4.78, 5) is 0. The van der Waals surface area contributed by atoms with Gasteiger partial charge in [-0.1, -0.05) is 52.3 Å². The average molecular weight is 283 g/mol. The van der Waals surface area contributed by atoms with Crippen LogP contribution < -0.4 is 5.73 Å². The van der Waals surface area contributed by atoms with Crippen molar-refractivity contribution in [3.63, 3.8) is 0 Å². The minimum Gasteiger partial charge on any atom is -0.402 e. The van der Waals surface area contributed by atoms with Crippen LogP contribution in [0.5, 0.6) is 0 Å². The van der Waals surface area contributed by atoms with Gasteiger partial charge < -0.3 is 5.73 Å². The molecule has 2 unspecified atom stereocenters. The van der Waals surface area contributed by atoms with E-state index in [9.17, 15) is 0 Å². The molecule has 1 aromatic rings. The second-order valence-electron chi connectivity index (χ2n) is 6.53. The molecule has 0 spiro atoms. The molecule has 2 atom stereocenters. The molecule has 0 saturated heterocycles. The number of benzene rings is 1. The first-order valence-corrected chi connectivity index (χ1v) is 8.27. The minimum atomic E-state index is 0.632. The first-order chi connectivity index (χ1) is 9.99. The molecule has 114 valence electrons. The molecule has 1 aliphatic carbocycles. The Morgan fingerprint density at radius 3 is 2.62 bits per heavy atom. The molecule has 1 heteroatoms. The van der Waals surface area contributed by atoms with Crippen molar-refractivity contribution in [3.8, 4) is 0 Å². The fourth-order valence-corrected chi connectivity index (χ4v) is 3.66. The summed E-state index contributed by atoms with van der Waals surface area (Å²) in [6.45, 7) is 13.4. The predicted molar refractivity (Wildman–Crippen MR) is 93.3 cm³/mol. The van der Waals surface area contributed by atoms with Gasteiger partial charge in [-0.25, -0.2) is 0 Å². The van der Waals surface area contributed by atoms with Crippen molar-refractivity contribution in [3.05, 3.63) is 52.7 Å². The Labute approximate surface area is 129 Å². The second-order valence-corrected chi connectivity index (χ2v) is 6.53. The summed E-state index contributed by atoms with van der Waals surface area (Å²) in [7, 11) is 0. The fraction of sp³-hybridized carbons (Fsp3) is 0.500. The van der Waals surface area contributed by atoms with Gasteiger partial charge in [0.25, 0.3) is 0 Å². The Hall–Kier alpha value is -1.50. The molecule has 0 bridgehead atoms. The second kappa shape index (κ2) is 6.51. The highest BCUT2D eigenvalue weighted by atomic mass is 14.6. The smallest absolute Gasteiger partial charge is 0.0131 e. The Kier molecular flexibility index (Phi) is 4.92. The van der Waals surface area contributed by atoms with Gasteiger partial charge in [0.1, 0.15) is 0 Å². The molecule has 0 heterocycles. The summed E-state index contributed by atoms with van der Waals surface area (Å²) in [6.07, 6.45) is 6.61. The topological polar surface area (TPSA) is 26.0 Å². The van der Waals surface area contributed by atoms with E-state index in [0.717, 1.165) is 17.7 Å². The lowest BCUT2D eigenvalue weighted by Crippen LogP contribution is -2.17. The molecule has 0 fully saturated rings. The molecule has 1 aliphatic rings. The number of rotatable bonds is 5. The van der Waals surface area contributed by atoms with Crippen molar-refractivity contribution in [2.24, 2.45) is 11.7 Å². The Bertz CT molecular complexity index is 565. The summed E-state index contributed by atoms with van der Waals surface area (Å²) in [5.74, 6) is 1.34. The van der Waals surface area contributed by atoms with Crippen molar-refractivity contribution in [1.29, 1.82) is 0 Å². The zero-order valence-electron chi connectivity index (χ0n) is 14.0. The molecule has 1 aromatic carbocycles. The van der Waals surface area contributed by atoms with Crippen LogP contribution in [0, 0.1) is 12.8 Å². The third-order valence-electron chi connectivity index (χ3n) is 4.95. The molecule has 2 N–H and O–H groups in total. The number of allylic oxidation sites excluding steroid dienone is 3. The van der Waals surface area contributed by atoms with E-state index in [1.165, 1.54) is 41.5 Å². The standard InChI is InChI=1S/C20H29N/c1-6-8-17(13(3)7-2)18-10-9-14(4)20-15(5)11-16(21)12-19(18)20/h9-11,13,17H,5-8,12,21H2,1-4H3. The Morgan fingerprint density at radius 2 is 2.00 bits per heavy atom. The molecule has 0 aromatic heterocycles. The molecule has 0 radical (unpaired) electrons. The minimum absolute atomic E-state index is 0.632. The van der Waals surface area contributed by atoms with Gasteiger partial charge in [0.2, 0.25) is 0 Å². The average Bonchev–Trinajstić information content (AvgIpc) is 2.44. The third kappa shape index (κ3) is 3.07. The van der Waals surface area contributed by atoms with Gasteiger partial charge in [-0.3, -0.25) is 0 Å². The number of hydrogen-bond donors (Lipinski definition) is 1. The lowest BCUT2D eigenvalue weighted by atomic mass is 9.75. The maximum Gasteiger partial charge on any atom is 0.0131 e. The summed E-state index contributed by atoms with van der Waals surface area (Å²) in [5.41, 5.74) is 13.8. The lowest BCUT2D eigenvalue weighted by Gasteiger charge is -2.29. The van der Waals surface area contributed by atoms with Gasteiger partial charge in [-0.05, 0) is 59.1 Å². The van der Waals surface area contributed by atoms with E-state index in [0.29, 0.717) is 11.8 Å². The lowest BCUT2D eigenvalue weighted by molar-refractivity contribution is 0.417. The van der Waals surface area contributed by atoms with Crippen LogP contribution in [0.2, 0.25) is 0 Å². The molecule has 0 aliphatic heterocycles. The quantitative estimate of drug-likeness (QED) is 0.776. The fourth-order valence-electron chi connectivity index (χ4n) is 3.66. The van der Waals surface area contributed by atoms with E-state index >= 15 is 0 Å². The maximum absolute atomic E-state index is 6.14. The highest BCUT2D eigenvalue weighted by Crippen LogP contribution is 2.39. The van der Waals surface area contributed by atoms with Crippen LogP contribution in [0.4, 0.5) is 0 Å². The van der Waals surface area contributed by atoms with Crippen molar-refractivity contribution in [2.45, 2.75) is 59.3 Å². The maximum atomic E-state index is 6.14. The van der Waals surface area contributed by atoms with Gasteiger partial charge in [0.15, 0.2) is 0 Å². The van der Waals surface area contributed by atoms with Gasteiger partial charge in [0, 0.05) is 12.1 Å². The van der Waals surface area contributed by atoms with Crippen molar-refractivity contribution in [1.82, 2.24) is 0 Å². The largest absolute Gasteiger partial charge is 0.402 e. The number of fused-ring (bicyclic) bond motifs is 1. The zero-order chi connectivity index (χ0) is 15.6. The van der Waals surface area contributed by atoms with Gasteiger partial charge in [-0.2, -0.15) is 0 Å². The van der Waals surface area contributed by atoms with Crippen molar-refractivity contribution < 1.29 is 0 Å².